The van der Waals surface area contributed by atoms with E-state index in [2.05, 4.69) is 4.98 Å². The number of aliphatic carboxylic acids is 1. The van der Waals surface area contributed by atoms with Crippen LogP contribution in [-0.4, -0.2) is 29.3 Å². The number of rotatable bonds is 5. The lowest BCUT2D eigenvalue weighted by molar-refractivity contribution is -0.144. The number of ether oxygens (including phenoxy) is 2. The highest BCUT2D eigenvalue weighted by Gasteiger charge is 2.13. The van der Waals surface area contributed by atoms with Gasteiger partial charge in [0.05, 0.1) is 7.11 Å². The molecule has 0 aliphatic rings. The van der Waals surface area contributed by atoms with Crippen LogP contribution in [0, 0.1) is 0 Å². The number of pyridine rings is 1. The molecular formula is C19H17NO4. The third kappa shape index (κ3) is 3.01. The molecule has 0 amide bonds. The highest BCUT2D eigenvalue weighted by Crippen LogP contribution is 2.33. The van der Waals surface area contributed by atoms with Gasteiger partial charge >= 0.3 is 5.97 Å². The second kappa shape index (κ2) is 6.58. The Kier molecular flexibility index (Phi) is 4.33. The Hall–Kier alpha value is -3.08. The van der Waals surface area contributed by atoms with Gasteiger partial charge in [0.2, 0.25) is 0 Å². The third-order valence-corrected chi connectivity index (χ3v) is 3.78. The van der Waals surface area contributed by atoms with E-state index in [9.17, 15) is 4.79 Å². The zero-order valence-corrected chi connectivity index (χ0v) is 13.4. The van der Waals surface area contributed by atoms with Gasteiger partial charge in [0.15, 0.2) is 6.10 Å². The van der Waals surface area contributed by atoms with Crippen molar-refractivity contribution in [3.05, 3.63) is 54.7 Å². The lowest BCUT2D eigenvalue weighted by Crippen LogP contribution is -2.22. The summed E-state index contributed by atoms with van der Waals surface area (Å²) in [4.78, 5) is 15.3. The van der Waals surface area contributed by atoms with Crippen molar-refractivity contribution < 1.29 is 19.4 Å². The van der Waals surface area contributed by atoms with Crippen molar-refractivity contribution in [2.75, 3.05) is 7.11 Å². The van der Waals surface area contributed by atoms with Gasteiger partial charge in [0.25, 0.3) is 0 Å². The first-order valence-corrected chi connectivity index (χ1v) is 7.52. The summed E-state index contributed by atoms with van der Waals surface area (Å²) < 4.78 is 10.7. The third-order valence-electron chi connectivity index (χ3n) is 3.78. The van der Waals surface area contributed by atoms with Crippen LogP contribution in [0.4, 0.5) is 0 Å². The van der Waals surface area contributed by atoms with E-state index in [0.29, 0.717) is 5.75 Å². The molecule has 1 N–H and O–H groups in total. The number of hydrogen-bond acceptors (Lipinski definition) is 4. The number of carboxylic acid groups (broad SMARTS) is 1. The number of methoxy groups -OCH3 is 1. The average molecular weight is 323 g/mol. The standard InChI is InChI=1S/C19H17NO4/c1-12(19(21)22)24-14-7-5-13(6-8-14)15-9-10-17(23-2)18-16(15)4-3-11-20-18/h3-12H,1-2H3,(H,21,22). The number of carbonyl (C=O) groups is 1. The van der Waals surface area contributed by atoms with E-state index in [1.165, 1.54) is 6.92 Å². The van der Waals surface area contributed by atoms with Crippen LogP contribution in [0.5, 0.6) is 11.5 Å². The van der Waals surface area contributed by atoms with Gasteiger partial charge in [0.1, 0.15) is 17.0 Å². The predicted molar refractivity (Wildman–Crippen MR) is 91.5 cm³/mol. The zero-order valence-electron chi connectivity index (χ0n) is 13.4. The van der Waals surface area contributed by atoms with Crippen molar-refractivity contribution in [2.45, 2.75) is 13.0 Å². The quantitative estimate of drug-likeness (QED) is 0.774. The Bertz CT molecular complexity index is 874. The van der Waals surface area contributed by atoms with Crippen molar-refractivity contribution in [2.24, 2.45) is 0 Å². The van der Waals surface area contributed by atoms with Crippen LogP contribution in [0.2, 0.25) is 0 Å². The molecule has 3 rings (SSSR count). The fraction of sp³-hybridized carbons (Fsp3) is 0.158. The van der Waals surface area contributed by atoms with Crippen molar-refractivity contribution in [1.29, 1.82) is 0 Å². The maximum absolute atomic E-state index is 10.9. The Labute approximate surface area is 139 Å². The summed E-state index contributed by atoms with van der Waals surface area (Å²) in [7, 11) is 1.62. The minimum absolute atomic E-state index is 0.518. The fourth-order valence-electron chi connectivity index (χ4n) is 2.53. The maximum Gasteiger partial charge on any atom is 0.344 e. The zero-order chi connectivity index (χ0) is 17.1. The Balaban J connectivity index is 1.98. The molecule has 2 aromatic carbocycles. The summed E-state index contributed by atoms with van der Waals surface area (Å²) in [5.74, 6) is 0.250. The first-order chi connectivity index (χ1) is 11.6. The first kappa shape index (κ1) is 15.8. The molecule has 0 radical (unpaired) electrons. The molecular weight excluding hydrogens is 306 g/mol. The smallest absolute Gasteiger partial charge is 0.344 e. The molecule has 122 valence electrons. The molecule has 0 saturated carbocycles. The highest BCUT2D eigenvalue weighted by molar-refractivity contribution is 5.97. The van der Waals surface area contributed by atoms with E-state index in [0.717, 1.165) is 27.8 Å². The Morgan fingerprint density at radius 3 is 2.54 bits per heavy atom. The van der Waals surface area contributed by atoms with E-state index in [-0.39, 0.29) is 0 Å². The summed E-state index contributed by atoms with van der Waals surface area (Å²) >= 11 is 0. The maximum atomic E-state index is 10.9. The molecule has 0 saturated heterocycles. The average Bonchev–Trinajstić information content (AvgIpc) is 2.61. The second-order valence-corrected chi connectivity index (χ2v) is 5.34. The van der Waals surface area contributed by atoms with E-state index in [4.69, 9.17) is 14.6 Å². The van der Waals surface area contributed by atoms with Crippen LogP contribution in [0.1, 0.15) is 6.92 Å². The van der Waals surface area contributed by atoms with Gasteiger partial charge in [-0.3, -0.25) is 4.98 Å². The summed E-state index contributed by atoms with van der Waals surface area (Å²) in [5, 5.41) is 9.89. The van der Waals surface area contributed by atoms with Gasteiger partial charge in [-0.15, -0.1) is 0 Å². The van der Waals surface area contributed by atoms with Crippen LogP contribution < -0.4 is 9.47 Å². The molecule has 1 heterocycles. The fourth-order valence-corrected chi connectivity index (χ4v) is 2.53. The molecule has 24 heavy (non-hydrogen) atoms. The second-order valence-electron chi connectivity index (χ2n) is 5.34. The largest absolute Gasteiger partial charge is 0.494 e. The number of nitrogens with zero attached hydrogens (tertiary/aromatic N) is 1. The predicted octanol–water partition coefficient (Wildman–Crippen LogP) is 3.76. The van der Waals surface area contributed by atoms with Gasteiger partial charge in [0, 0.05) is 11.6 Å². The SMILES string of the molecule is COc1ccc(-c2ccc(OC(C)C(=O)O)cc2)c2cccnc12. The molecule has 0 bridgehead atoms. The molecule has 0 aliphatic heterocycles. The molecule has 5 nitrogen and oxygen atoms in total. The number of carboxylic acids is 1. The molecule has 1 atom stereocenters. The monoisotopic (exact) mass is 323 g/mol. The molecule has 0 spiro atoms. The number of hydrogen-bond donors (Lipinski definition) is 1. The molecule has 0 fully saturated rings. The summed E-state index contributed by atoms with van der Waals surface area (Å²) in [6.45, 7) is 1.50. The topological polar surface area (TPSA) is 68.7 Å². The lowest BCUT2D eigenvalue weighted by atomic mass is 10.00. The van der Waals surface area contributed by atoms with Gasteiger partial charge < -0.3 is 14.6 Å². The van der Waals surface area contributed by atoms with Crippen LogP contribution in [0.3, 0.4) is 0 Å². The van der Waals surface area contributed by atoms with Crippen LogP contribution in [-0.2, 0) is 4.79 Å². The minimum Gasteiger partial charge on any atom is -0.494 e. The van der Waals surface area contributed by atoms with E-state index in [1.54, 1.807) is 25.4 Å². The van der Waals surface area contributed by atoms with Gasteiger partial charge in [-0.2, -0.15) is 0 Å². The molecule has 3 aromatic rings. The summed E-state index contributed by atoms with van der Waals surface area (Å²) in [5.41, 5.74) is 2.82. The summed E-state index contributed by atoms with van der Waals surface area (Å²) in [6, 6.07) is 15.1. The normalized spacial score (nSPS) is 11.9. The van der Waals surface area contributed by atoms with Crippen molar-refractivity contribution in [3.8, 4) is 22.6 Å². The lowest BCUT2D eigenvalue weighted by Gasteiger charge is -2.12. The van der Waals surface area contributed by atoms with Gasteiger partial charge in [-0.05, 0) is 48.4 Å². The van der Waals surface area contributed by atoms with Gasteiger partial charge in [-0.25, -0.2) is 4.79 Å². The molecule has 1 aromatic heterocycles. The van der Waals surface area contributed by atoms with Gasteiger partial charge in [-0.1, -0.05) is 18.2 Å². The highest BCUT2D eigenvalue weighted by atomic mass is 16.5. The van der Waals surface area contributed by atoms with Crippen LogP contribution >= 0.6 is 0 Å². The van der Waals surface area contributed by atoms with E-state index in [1.807, 2.05) is 36.4 Å². The van der Waals surface area contributed by atoms with Crippen LogP contribution in [0.15, 0.2) is 54.7 Å². The number of benzene rings is 2. The molecule has 5 heteroatoms. The van der Waals surface area contributed by atoms with E-state index < -0.39 is 12.1 Å². The molecule has 1 unspecified atom stereocenters. The summed E-state index contributed by atoms with van der Waals surface area (Å²) in [6.07, 6.45) is 0.848. The first-order valence-electron chi connectivity index (χ1n) is 7.52. The Morgan fingerprint density at radius 2 is 1.88 bits per heavy atom. The Morgan fingerprint density at radius 1 is 1.12 bits per heavy atom. The number of fused-ring (bicyclic) bond motifs is 1. The minimum atomic E-state index is -0.994. The number of aromatic nitrogens is 1. The van der Waals surface area contributed by atoms with Crippen molar-refractivity contribution in [1.82, 2.24) is 4.98 Å². The van der Waals surface area contributed by atoms with E-state index >= 15 is 0 Å². The van der Waals surface area contributed by atoms with Crippen molar-refractivity contribution >= 4 is 16.9 Å². The van der Waals surface area contributed by atoms with Crippen molar-refractivity contribution in [3.63, 3.8) is 0 Å². The van der Waals surface area contributed by atoms with Crippen LogP contribution in [0.25, 0.3) is 22.0 Å². The molecule has 0 aliphatic carbocycles.